The van der Waals surface area contributed by atoms with E-state index < -0.39 is 17.9 Å². The molecule has 0 radical (unpaired) electrons. The fourth-order valence-electron chi connectivity index (χ4n) is 3.29. The Morgan fingerprint density at radius 3 is 2.06 bits per heavy atom. The topological polar surface area (TPSA) is 72.5 Å². The first-order chi connectivity index (χ1) is 14.9. The third-order valence-electron chi connectivity index (χ3n) is 4.85. The van der Waals surface area contributed by atoms with Crippen molar-refractivity contribution in [1.29, 1.82) is 0 Å². The predicted octanol–water partition coefficient (Wildman–Crippen LogP) is 4.32. The summed E-state index contributed by atoms with van der Waals surface area (Å²) in [5.41, 5.74) is 1.82. The fourth-order valence-corrected chi connectivity index (χ4v) is 3.40. The van der Waals surface area contributed by atoms with E-state index in [1.807, 2.05) is 74.5 Å². The molecule has 1 N–H and O–H groups in total. The summed E-state index contributed by atoms with van der Waals surface area (Å²) in [6.07, 6.45) is 0.862. The van der Waals surface area contributed by atoms with Crippen molar-refractivity contribution in [3.63, 3.8) is 0 Å². The number of carbonyl (C=O) groups is 3. The standard InChI is InChI=1S/C25H30ClNO4/c1-18(2)13-23(25(30)31-17-20-11-7-4-8-12-20)27-24(29)21(15-22(28)16-26)14-19-9-5-3-6-10-19/h3-12,18,21,23H,13-17H2,1-2H3,(H,27,29)/t21-,23+/m0/s1. The molecule has 1 amide bonds. The Kier molecular flexibility index (Phi) is 10.2. The van der Waals surface area contributed by atoms with Gasteiger partial charge in [0.05, 0.1) is 5.88 Å². The predicted molar refractivity (Wildman–Crippen MR) is 122 cm³/mol. The van der Waals surface area contributed by atoms with Crippen LogP contribution in [0.5, 0.6) is 0 Å². The molecule has 0 saturated carbocycles. The first kappa shape index (κ1) is 24.6. The summed E-state index contributed by atoms with van der Waals surface area (Å²) in [7, 11) is 0. The normalized spacial score (nSPS) is 12.8. The SMILES string of the molecule is CC(C)C[C@@H](NC(=O)[C@H](CC(=O)CCl)Cc1ccccc1)C(=O)OCc1ccccc1. The zero-order valence-corrected chi connectivity index (χ0v) is 18.8. The number of amides is 1. The van der Waals surface area contributed by atoms with Gasteiger partial charge in [0.25, 0.3) is 0 Å². The highest BCUT2D eigenvalue weighted by molar-refractivity contribution is 6.27. The molecule has 0 aliphatic rings. The van der Waals surface area contributed by atoms with E-state index in [4.69, 9.17) is 16.3 Å². The van der Waals surface area contributed by atoms with Crippen molar-refractivity contribution in [2.45, 2.75) is 45.8 Å². The van der Waals surface area contributed by atoms with Crippen molar-refractivity contribution in [3.05, 3.63) is 71.8 Å². The maximum atomic E-state index is 13.1. The molecule has 31 heavy (non-hydrogen) atoms. The third kappa shape index (κ3) is 8.93. The van der Waals surface area contributed by atoms with Crippen molar-refractivity contribution in [2.24, 2.45) is 11.8 Å². The average molecular weight is 444 g/mol. The lowest BCUT2D eigenvalue weighted by Gasteiger charge is -2.23. The molecular weight excluding hydrogens is 414 g/mol. The van der Waals surface area contributed by atoms with Crippen LogP contribution in [0.3, 0.4) is 0 Å². The lowest BCUT2D eigenvalue weighted by Crippen LogP contribution is -2.46. The van der Waals surface area contributed by atoms with Crippen LogP contribution in [0.2, 0.25) is 0 Å². The molecule has 2 rings (SSSR count). The number of rotatable bonds is 12. The second-order valence-corrected chi connectivity index (χ2v) is 8.31. The minimum atomic E-state index is -0.777. The number of carbonyl (C=O) groups excluding carboxylic acids is 3. The summed E-state index contributed by atoms with van der Waals surface area (Å²) in [6.45, 7) is 4.09. The molecule has 166 valence electrons. The number of alkyl halides is 1. The molecule has 0 unspecified atom stereocenters. The summed E-state index contributed by atoms with van der Waals surface area (Å²) in [6, 6.07) is 18.1. The van der Waals surface area contributed by atoms with Crippen LogP contribution in [0.25, 0.3) is 0 Å². The van der Waals surface area contributed by atoms with Crippen LogP contribution in [-0.4, -0.2) is 29.6 Å². The van der Waals surface area contributed by atoms with Crippen molar-refractivity contribution < 1.29 is 19.1 Å². The first-order valence-corrected chi connectivity index (χ1v) is 11.0. The van der Waals surface area contributed by atoms with Crippen LogP contribution in [-0.2, 0) is 32.1 Å². The van der Waals surface area contributed by atoms with E-state index in [0.717, 1.165) is 11.1 Å². The summed E-state index contributed by atoms with van der Waals surface area (Å²) in [5, 5.41) is 2.83. The Hall–Kier alpha value is -2.66. The second kappa shape index (κ2) is 12.9. The monoisotopic (exact) mass is 443 g/mol. The average Bonchev–Trinajstić information content (AvgIpc) is 2.77. The molecule has 0 aromatic heterocycles. The molecule has 0 aliphatic heterocycles. The van der Waals surface area contributed by atoms with Crippen molar-refractivity contribution in [2.75, 3.05) is 5.88 Å². The number of halogens is 1. The van der Waals surface area contributed by atoms with Crippen molar-refractivity contribution in [1.82, 2.24) is 5.32 Å². The molecule has 2 atom stereocenters. The van der Waals surface area contributed by atoms with Gasteiger partial charge >= 0.3 is 5.97 Å². The van der Waals surface area contributed by atoms with E-state index in [0.29, 0.717) is 12.8 Å². The van der Waals surface area contributed by atoms with Gasteiger partial charge in [-0.2, -0.15) is 0 Å². The Labute approximate surface area is 189 Å². The number of esters is 1. The van der Waals surface area contributed by atoms with Gasteiger partial charge in [0.2, 0.25) is 5.91 Å². The van der Waals surface area contributed by atoms with Gasteiger partial charge in [0.1, 0.15) is 18.4 Å². The molecular formula is C25H30ClNO4. The Bertz CT molecular complexity index is 839. The van der Waals surface area contributed by atoms with Gasteiger partial charge in [-0.25, -0.2) is 4.79 Å². The van der Waals surface area contributed by atoms with E-state index in [9.17, 15) is 14.4 Å². The summed E-state index contributed by atoms with van der Waals surface area (Å²) in [4.78, 5) is 37.7. The summed E-state index contributed by atoms with van der Waals surface area (Å²) in [5.74, 6) is -1.60. The van der Waals surface area contributed by atoms with Gasteiger partial charge in [-0.3, -0.25) is 9.59 Å². The lowest BCUT2D eigenvalue weighted by molar-refractivity contribution is -0.150. The lowest BCUT2D eigenvalue weighted by atomic mass is 9.93. The molecule has 6 heteroatoms. The van der Waals surface area contributed by atoms with Crippen LogP contribution in [0.1, 0.15) is 37.8 Å². The van der Waals surface area contributed by atoms with Gasteiger partial charge in [-0.15, -0.1) is 11.6 Å². The maximum absolute atomic E-state index is 13.1. The van der Waals surface area contributed by atoms with Gasteiger partial charge in [-0.05, 0) is 29.9 Å². The highest BCUT2D eigenvalue weighted by Crippen LogP contribution is 2.16. The smallest absolute Gasteiger partial charge is 0.328 e. The molecule has 0 saturated heterocycles. The van der Waals surface area contributed by atoms with Crippen LogP contribution in [0.15, 0.2) is 60.7 Å². The van der Waals surface area contributed by atoms with Crippen LogP contribution < -0.4 is 5.32 Å². The molecule has 0 fully saturated rings. The first-order valence-electron chi connectivity index (χ1n) is 10.5. The highest BCUT2D eigenvalue weighted by Gasteiger charge is 2.28. The quantitative estimate of drug-likeness (QED) is 0.391. The molecule has 2 aromatic carbocycles. The maximum Gasteiger partial charge on any atom is 0.328 e. The van der Waals surface area contributed by atoms with E-state index in [1.165, 1.54) is 0 Å². The number of nitrogens with one attached hydrogen (secondary N) is 1. The molecule has 0 bridgehead atoms. The summed E-state index contributed by atoms with van der Waals surface area (Å²) >= 11 is 5.67. The Morgan fingerprint density at radius 2 is 1.52 bits per heavy atom. The minimum absolute atomic E-state index is 0.0255. The van der Waals surface area contributed by atoms with E-state index >= 15 is 0 Å². The minimum Gasteiger partial charge on any atom is -0.459 e. The van der Waals surface area contributed by atoms with Crippen molar-refractivity contribution >= 4 is 29.3 Å². The van der Waals surface area contributed by atoms with Gasteiger partial charge < -0.3 is 10.1 Å². The van der Waals surface area contributed by atoms with E-state index in [-0.39, 0.29) is 36.5 Å². The Balaban J connectivity index is 2.08. The van der Waals surface area contributed by atoms with Crippen LogP contribution in [0.4, 0.5) is 0 Å². The zero-order valence-electron chi connectivity index (χ0n) is 18.1. The van der Waals surface area contributed by atoms with Gasteiger partial charge in [0, 0.05) is 12.3 Å². The number of benzene rings is 2. The van der Waals surface area contributed by atoms with Gasteiger partial charge in [-0.1, -0.05) is 74.5 Å². The third-order valence-corrected chi connectivity index (χ3v) is 5.15. The molecule has 5 nitrogen and oxygen atoms in total. The number of hydrogen-bond donors (Lipinski definition) is 1. The highest BCUT2D eigenvalue weighted by atomic mass is 35.5. The van der Waals surface area contributed by atoms with E-state index in [2.05, 4.69) is 5.32 Å². The van der Waals surface area contributed by atoms with Crippen LogP contribution >= 0.6 is 11.6 Å². The van der Waals surface area contributed by atoms with Gasteiger partial charge in [0.15, 0.2) is 0 Å². The second-order valence-electron chi connectivity index (χ2n) is 8.05. The molecule has 0 heterocycles. The molecule has 0 spiro atoms. The number of ether oxygens (including phenoxy) is 1. The largest absolute Gasteiger partial charge is 0.459 e. The van der Waals surface area contributed by atoms with Crippen LogP contribution in [0, 0.1) is 11.8 Å². The van der Waals surface area contributed by atoms with Crippen molar-refractivity contribution in [3.8, 4) is 0 Å². The fraction of sp³-hybridized carbons (Fsp3) is 0.400. The number of hydrogen-bond acceptors (Lipinski definition) is 4. The number of Topliss-reactive ketones (excluding diaryl/α,β-unsaturated/α-hetero) is 1. The van der Waals surface area contributed by atoms with E-state index in [1.54, 1.807) is 0 Å². The molecule has 2 aromatic rings. The molecule has 0 aliphatic carbocycles. The Morgan fingerprint density at radius 1 is 0.935 bits per heavy atom. The summed E-state index contributed by atoms with van der Waals surface area (Å²) < 4.78 is 5.45. The number of ketones is 1. The zero-order chi connectivity index (χ0) is 22.6.